The number of allylic oxidation sites excluding steroid dienone is 1. The van der Waals surface area contributed by atoms with Crippen molar-refractivity contribution in [2.75, 3.05) is 13.6 Å². The molecular formula is C7H9NO. The van der Waals surface area contributed by atoms with E-state index in [4.69, 9.17) is 0 Å². The van der Waals surface area contributed by atoms with Crippen molar-refractivity contribution < 1.29 is 4.79 Å². The Kier molecular flexibility index (Phi) is 1.71. The second-order valence-corrected chi connectivity index (χ2v) is 2.10. The monoisotopic (exact) mass is 123 g/mol. The average Bonchev–Trinajstić information content (AvgIpc) is 2.18. The van der Waals surface area contributed by atoms with Crippen LogP contribution in [-0.2, 0) is 4.79 Å². The van der Waals surface area contributed by atoms with Crippen LogP contribution < -0.4 is 0 Å². The molecule has 0 saturated heterocycles. The van der Waals surface area contributed by atoms with E-state index in [9.17, 15) is 4.79 Å². The maximum atomic E-state index is 9.86. The molecule has 0 bridgehead atoms. The van der Waals surface area contributed by atoms with Crippen molar-refractivity contribution in [3.05, 3.63) is 17.8 Å². The predicted molar refractivity (Wildman–Crippen MR) is 35.6 cm³/mol. The van der Waals surface area contributed by atoms with Crippen molar-refractivity contribution in [1.29, 1.82) is 0 Å². The number of hydrogen-bond acceptors (Lipinski definition) is 2. The van der Waals surface area contributed by atoms with Crippen LogP contribution in [0.3, 0.4) is 0 Å². The Labute approximate surface area is 54.5 Å². The van der Waals surface area contributed by atoms with Crippen LogP contribution in [0.1, 0.15) is 6.42 Å². The summed E-state index contributed by atoms with van der Waals surface area (Å²) in [4.78, 5) is 11.9. The van der Waals surface area contributed by atoms with E-state index in [2.05, 4.69) is 0 Å². The molecule has 0 fully saturated rings. The largest absolute Gasteiger partial charge is 0.374 e. The summed E-state index contributed by atoms with van der Waals surface area (Å²) in [5.74, 6) is 1.76. The smallest absolute Gasteiger partial charge is 0.126 e. The van der Waals surface area contributed by atoms with Gasteiger partial charge in [-0.15, -0.1) is 0 Å². The molecule has 0 aromatic heterocycles. The molecule has 0 aromatic rings. The van der Waals surface area contributed by atoms with Gasteiger partial charge in [-0.25, -0.2) is 4.79 Å². The first-order valence-corrected chi connectivity index (χ1v) is 2.97. The van der Waals surface area contributed by atoms with Gasteiger partial charge in [0.25, 0.3) is 0 Å². The topological polar surface area (TPSA) is 20.3 Å². The fraction of sp³-hybridized carbons (Fsp3) is 0.429. The highest BCUT2D eigenvalue weighted by atomic mass is 16.1. The van der Waals surface area contributed by atoms with E-state index in [1.807, 2.05) is 18.0 Å². The lowest BCUT2D eigenvalue weighted by Gasteiger charge is -2.10. The van der Waals surface area contributed by atoms with Crippen molar-refractivity contribution in [3.8, 4) is 0 Å². The molecule has 0 saturated carbocycles. The molecule has 9 heavy (non-hydrogen) atoms. The van der Waals surface area contributed by atoms with E-state index < -0.39 is 0 Å². The molecule has 0 radical (unpaired) electrons. The molecule has 1 rings (SSSR count). The Hall–Kier alpha value is -1.01. The first-order valence-electron chi connectivity index (χ1n) is 2.97. The van der Waals surface area contributed by atoms with Gasteiger partial charge in [0, 0.05) is 25.4 Å². The maximum Gasteiger partial charge on any atom is 0.126 e. The zero-order valence-corrected chi connectivity index (χ0v) is 5.42. The molecule has 1 aliphatic rings. The third kappa shape index (κ3) is 1.21. The summed E-state index contributed by atoms with van der Waals surface area (Å²) in [6.45, 7) is 1.02. The minimum atomic E-state index is 0.991. The van der Waals surface area contributed by atoms with E-state index in [1.165, 1.54) is 6.08 Å². The Morgan fingerprint density at radius 3 is 3.11 bits per heavy atom. The fourth-order valence-electron chi connectivity index (χ4n) is 0.921. The molecule has 1 aliphatic heterocycles. The molecule has 0 atom stereocenters. The molecule has 1 heterocycles. The molecule has 0 aliphatic carbocycles. The van der Waals surface area contributed by atoms with Crippen LogP contribution in [0.5, 0.6) is 0 Å². The molecular weight excluding hydrogens is 114 g/mol. The lowest BCUT2D eigenvalue weighted by atomic mass is 10.4. The molecule has 0 N–H and O–H groups in total. The van der Waals surface area contributed by atoms with Gasteiger partial charge in [-0.1, -0.05) is 6.08 Å². The van der Waals surface area contributed by atoms with Crippen LogP contribution in [0.2, 0.25) is 0 Å². The van der Waals surface area contributed by atoms with E-state index in [-0.39, 0.29) is 0 Å². The molecule has 0 aromatic carbocycles. The van der Waals surface area contributed by atoms with Gasteiger partial charge in [0.1, 0.15) is 5.94 Å². The zero-order chi connectivity index (χ0) is 6.69. The summed E-state index contributed by atoms with van der Waals surface area (Å²) in [6.07, 6.45) is 4.54. The third-order valence-electron chi connectivity index (χ3n) is 1.47. The predicted octanol–water partition coefficient (Wildman–Crippen LogP) is 0.594. The lowest BCUT2D eigenvalue weighted by Crippen LogP contribution is -2.11. The SMILES string of the molecule is CN1CCC=C1C=C=O. The van der Waals surface area contributed by atoms with Gasteiger partial charge in [0.2, 0.25) is 0 Å². The summed E-state index contributed by atoms with van der Waals surface area (Å²) in [6, 6.07) is 0. The van der Waals surface area contributed by atoms with E-state index in [0.29, 0.717) is 0 Å². The first-order chi connectivity index (χ1) is 4.34. The highest BCUT2D eigenvalue weighted by Crippen LogP contribution is 2.11. The van der Waals surface area contributed by atoms with Crippen molar-refractivity contribution in [1.82, 2.24) is 4.90 Å². The second kappa shape index (κ2) is 2.51. The van der Waals surface area contributed by atoms with Crippen LogP contribution in [0.25, 0.3) is 0 Å². The van der Waals surface area contributed by atoms with Gasteiger partial charge < -0.3 is 4.90 Å². The van der Waals surface area contributed by atoms with Gasteiger partial charge in [-0.2, -0.15) is 0 Å². The number of nitrogens with zero attached hydrogens (tertiary/aromatic N) is 1. The Morgan fingerprint density at radius 2 is 2.67 bits per heavy atom. The lowest BCUT2D eigenvalue weighted by molar-refractivity contribution is 0.471. The Morgan fingerprint density at radius 1 is 1.89 bits per heavy atom. The number of rotatable bonds is 1. The van der Waals surface area contributed by atoms with Crippen LogP contribution in [0.4, 0.5) is 0 Å². The Bertz CT molecular complexity index is 177. The highest BCUT2D eigenvalue weighted by molar-refractivity contribution is 5.52. The zero-order valence-electron chi connectivity index (χ0n) is 5.42. The summed E-state index contributed by atoms with van der Waals surface area (Å²) in [5, 5.41) is 0. The van der Waals surface area contributed by atoms with Gasteiger partial charge in [-0.3, -0.25) is 0 Å². The highest BCUT2D eigenvalue weighted by Gasteiger charge is 2.05. The van der Waals surface area contributed by atoms with Gasteiger partial charge in [-0.05, 0) is 6.42 Å². The third-order valence-corrected chi connectivity index (χ3v) is 1.47. The van der Waals surface area contributed by atoms with Crippen LogP contribution in [-0.4, -0.2) is 24.4 Å². The minimum Gasteiger partial charge on any atom is -0.374 e. The van der Waals surface area contributed by atoms with Crippen LogP contribution in [0, 0.1) is 0 Å². The van der Waals surface area contributed by atoms with Gasteiger partial charge >= 0.3 is 0 Å². The number of carbonyl (C=O) groups excluding carboxylic acids is 1. The Balaban J connectivity index is 2.68. The number of hydrogen-bond donors (Lipinski definition) is 0. The van der Waals surface area contributed by atoms with Gasteiger partial charge in [0.15, 0.2) is 0 Å². The summed E-state index contributed by atoms with van der Waals surface area (Å²) in [5.41, 5.74) is 0.991. The molecule has 2 nitrogen and oxygen atoms in total. The standard InChI is InChI=1S/C7H9NO/c1-8-5-2-3-7(8)4-6-9/h3-4H,2,5H2,1H3. The molecule has 0 amide bonds. The maximum absolute atomic E-state index is 9.86. The summed E-state index contributed by atoms with van der Waals surface area (Å²) in [7, 11) is 1.96. The minimum absolute atomic E-state index is 0.991. The van der Waals surface area contributed by atoms with Crippen molar-refractivity contribution in [2.45, 2.75) is 6.42 Å². The second-order valence-electron chi connectivity index (χ2n) is 2.10. The molecule has 48 valence electrons. The van der Waals surface area contributed by atoms with Crippen molar-refractivity contribution in [2.24, 2.45) is 0 Å². The summed E-state index contributed by atoms with van der Waals surface area (Å²) < 4.78 is 0. The molecule has 0 spiro atoms. The van der Waals surface area contributed by atoms with E-state index in [1.54, 1.807) is 5.94 Å². The molecule has 0 unspecified atom stereocenters. The fourth-order valence-corrected chi connectivity index (χ4v) is 0.921. The average molecular weight is 123 g/mol. The quantitative estimate of drug-likeness (QED) is 0.476. The van der Waals surface area contributed by atoms with E-state index in [0.717, 1.165) is 18.7 Å². The first kappa shape index (κ1) is 6.12. The van der Waals surface area contributed by atoms with E-state index >= 15 is 0 Å². The van der Waals surface area contributed by atoms with Crippen molar-refractivity contribution in [3.63, 3.8) is 0 Å². The van der Waals surface area contributed by atoms with Crippen molar-refractivity contribution >= 4 is 5.94 Å². The van der Waals surface area contributed by atoms with Crippen LogP contribution in [0.15, 0.2) is 17.8 Å². The summed E-state index contributed by atoms with van der Waals surface area (Å²) >= 11 is 0. The van der Waals surface area contributed by atoms with Crippen LogP contribution >= 0.6 is 0 Å². The number of likely N-dealkylation sites (N-methyl/N-ethyl adjacent to an activating group) is 1. The molecule has 2 heteroatoms. The normalized spacial score (nSPS) is 17.0. The van der Waals surface area contributed by atoms with Gasteiger partial charge in [0.05, 0.1) is 0 Å².